The molecule has 0 bridgehead atoms. The zero-order valence-corrected chi connectivity index (χ0v) is 12.7. The van der Waals surface area contributed by atoms with E-state index in [-0.39, 0.29) is 61.9 Å². The molecule has 0 amide bonds. The van der Waals surface area contributed by atoms with Gasteiger partial charge in [-0.1, -0.05) is 0 Å². The predicted octanol–water partition coefficient (Wildman–Crippen LogP) is -2.52. The van der Waals surface area contributed by atoms with Gasteiger partial charge in [-0.15, -0.1) is 0 Å². The number of aliphatic hydroxyl groups excluding tert-OH is 1. The average Bonchev–Trinajstić information content (AvgIpc) is 2.48. The fourth-order valence-corrected chi connectivity index (χ4v) is 1.67. The van der Waals surface area contributed by atoms with Crippen LogP contribution in [0.2, 0.25) is 0 Å². The number of nitrogen functional groups attached to an aromatic ring is 4. The Morgan fingerprint density at radius 1 is 0.750 bits per heavy atom. The molecule has 0 aromatic carbocycles. The molecule has 2 rings (SSSR count). The van der Waals surface area contributed by atoms with Gasteiger partial charge in [-0.2, -0.15) is 29.9 Å². The van der Waals surface area contributed by atoms with Crippen LogP contribution in [0.15, 0.2) is 0 Å². The van der Waals surface area contributed by atoms with Crippen molar-refractivity contribution < 1.29 is 14.6 Å². The molecule has 0 fully saturated rings. The van der Waals surface area contributed by atoms with Crippen molar-refractivity contribution in [1.29, 1.82) is 0 Å². The molecule has 0 aliphatic rings. The standard InChI is InChI=1S/C11H18N10O3/c12-8-16-6(17-9(13)20-8)3-23-2-5(1-22)24-4-7-18-10(14)21-11(15)19-7/h5,22H,1-4H2,(H4,12,13,16,17,20)(H4,14,15,18,19,21). The lowest BCUT2D eigenvalue weighted by atomic mass is 10.4. The molecule has 0 radical (unpaired) electrons. The van der Waals surface area contributed by atoms with E-state index in [1.165, 1.54) is 0 Å². The minimum atomic E-state index is -0.624. The molecule has 2 aromatic heterocycles. The summed E-state index contributed by atoms with van der Waals surface area (Å²) in [5.41, 5.74) is 21.8. The number of hydrogen-bond donors (Lipinski definition) is 5. The first kappa shape index (κ1) is 17.5. The Bertz CT molecular complexity index is 645. The fourth-order valence-electron chi connectivity index (χ4n) is 1.67. The number of nitrogens with two attached hydrogens (primary N) is 4. The zero-order valence-electron chi connectivity index (χ0n) is 12.7. The van der Waals surface area contributed by atoms with Crippen molar-refractivity contribution in [3.8, 4) is 0 Å². The maximum atomic E-state index is 9.31. The number of nitrogens with zero attached hydrogens (tertiary/aromatic N) is 6. The molecule has 9 N–H and O–H groups in total. The van der Waals surface area contributed by atoms with Gasteiger partial charge in [-0.25, -0.2) is 0 Å². The van der Waals surface area contributed by atoms with Crippen LogP contribution in [0.1, 0.15) is 11.6 Å². The summed E-state index contributed by atoms with van der Waals surface area (Å²) in [6, 6.07) is 0. The van der Waals surface area contributed by atoms with Gasteiger partial charge in [0.15, 0.2) is 11.6 Å². The molecule has 0 saturated carbocycles. The molecule has 0 aliphatic carbocycles. The molecule has 13 heteroatoms. The monoisotopic (exact) mass is 338 g/mol. The maximum absolute atomic E-state index is 9.31. The van der Waals surface area contributed by atoms with E-state index in [0.717, 1.165) is 0 Å². The summed E-state index contributed by atoms with van der Waals surface area (Å²) >= 11 is 0. The van der Waals surface area contributed by atoms with Gasteiger partial charge < -0.3 is 37.5 Å². The molecule has 0 saturated heterocycles. The van der Waals surface area contributed by atoms with Crippen molar-refractivity contribution in [2.75, 3.05) is 36.1 Å². The molecule has 2 heterocycles. The summed E-state index contributed by atoms with van der Waals surface area (Å²) in [6.45, 7) is -0.199. The van der Waals surface area contributed by atoms with Crippen LogP contribution in [0.3, 0.4) is 0 Å². The third-order valence-electron chi connectivity index (χ3n) is 2.62. The first-order chi connectivity index (χ1) is 11.5. The van der Waals surface area contributed by atoms with E-state index in [1.54, 1.807) is 0 Å². The fraction of sp³-hybridized carbons (Fsp3) is 0.455. The second-order valence-corrected chi connectivity index (χ2v) is 4.57. The Morgan fingerprint density at radius 2 is 1.21 bits per heavy atom. The summed E-state index contributed by atoms with van der Waals surface area (Å²) in [5.74, 6) is 0.499. The molecule has 2 aromatic rings. The van der Waals surface area contributed by atoms with Crippen LogP contribution in [0.5, 0.6) is 0 Å². The third-order valence-corrected chi connectivity index (χ3v) is 2.62. The SMILES string of the molecule is Nc1nc(N)nc(COCC(CO)OCc2nc(N)nc(N)n2)n1. The molecule has 1 atom stereocenters. The highest BCUT2D eigenvalue weighted by Gasteiger charge is 2.12. The molecule has 130 valence electrons. The second-order valence-electron chi connectivity index (χ2n) is 4.57. The van der Waals surface area contributed by atoms with Gasteiger partial charge in [0.2, 0.25) is 23.8 Å². The van der Waals surface area contributed by atoms with Crippen molar-refractivity contribution in [3.05, 3.63) is 11.6 Å². The van der Waals surface area contributed by atoms with Crippen LogP contribution >= 0.6 is 0 Å². The van der Waals surface area contributed by atoms with Crippen LogP contribution in [0, 0.1) is 0 Å². The van der Waals surface area contributed by atoms with Crippen LogP contribution in [0.4, 0.5) is 23.8 Å². The molecule has 0 aliphatic heterocycles. The smallest absolute Gasteiger partial charge is 0.225 e. The van der Waals surface area contributed by atoms with Crippen LogP contribution in [-0.4, -0.2) is 54.3 Å². The zero-order chi connectivity index (χ0) is 17.5. The van der Waals surface area contributed by atoms with Gasteiger partial charge in [-0.05, 0) is 0 Å². The number of aromatic nitrogens is 6. The topological polar surface area (TPSA) is 220 Å². The van der Waals surface area contributed by atoms with Gasteiger partial charge in [-0.3, -0.25) is 0 Å². The minimum absolute atomic E-state index is 0.000992. The lowest BCUT2D eigenvalue weighted by Gasteiger charge is -2.15. The van der Waals surface area contributed by atoms with E-state index < -0.39 is 6.10 Å². The minimum Gasteiger partial charge on any atom is -0.394 e. The van der Waals surface area contributed by atoms with Crippen LogP contribution < -0.4 is 22.9 Å². The molecule has 13 nitrogen and oxygen atoms in total. The van der Waals surface area contributed by atoms with Gasteiger partial charge in [0.05, 0.1) is 13.2 Å². The molecular weight excluding hydrogens is 320 g/mol. The first-order valence-corrected chi connectivity index (χ1v) is 6.78. The van der Waals surface area contributed by atoms with Crippen LogP contribution in [-0.2, 0) is 22.7 Å². The normalized spacial score (nSPS) is 12.2. The van der Waals surface area contributed by atoms with E-state index in [0.29, 0.717) is 0 Å². The third kappa shape index (κ3) is 5.38. The average molecular weight is 338 g/mol. The highest BCUT2D eigenvalue weighted by Crippen LogP contribution is 2.05. The molecule has 0 spiro atoms. The summed E-state index contributed by atoms with van der Waals surface area (Å²) in [4.78, 5) is 22.7. The van der Waals surface area contributed by atoms with E-state index in [1.807, 2.05) is 0 Å². The van der Waals surface area contributed by atoms with Gasteiger partial charge >= 0.3 is 0 Å². The Balaban J connectivity index is 1.81. The Morgan fingerprint density at radius 3 is 1.67 bits per heavy atom. The van der Waals surface area contributed by atoms with E-state index in [2.05, 4.69) is 29.9 Å². The quantitative estimate of drug-likeness (QED) is 0.335. The largest absolute Gasteiger partial charge is 0.394 e. The van der Waals surface area contributed by atoms with E-state index in [9.17, 15) is 5.11 Å². The number of anilines is 4. The van der Waals surface area contributed by atoms with Gasteiger partial charge in [0.1, 0.15) is 19.3 Å². The van der Waals surface area contributed by atoms with E-state index in [4.69, 9.17) is 32.4 Å². The summed E-state index contributed by atoms with van der Waals surface area (Å²) < 4.78 is 10.8. The Kier molecular flexibility index (Phi) is 5.89. The van der Waals surface area contributed by atoms with Crippen molar-refractivity contribution in [1.82, 2.24) is 29.9 Å². The molecular formula is C11H18N10O3. The molecule has 24 heavy (non-hydrogen) atoms. The number of ether oxygens (including phenoxy) is 2. The predicted molar refractivity (Wildman–Crippen MR) is 82.6 cm³/mol. The van der Waals surface area contributed by atoms with E-state index >= 15 is 0 Å². The van der Waals surface area contributed by atoms with Gasteiger partial charge in [0, 0.05) is 0 Å². The highest BCUT2D eigenvalue weighted by atomic mass is 16.5. The van der Waals surface area contributed by atoms with Gasteiger partial charge in [0.25, 0.3) is 0 Å². The summed E-state index contributed by atoms with van der Waals surface area (Å²) in [6.07, 6.45) is -0.624. The van der Waals surface area contributed by atoms with Crippen molar-refractivity contribution in [2.45, 2.75) is 19.3 Å². The number of rotatable bonds is 8. The summed E-state index contributed by atoms with van der Waals surface area (Å²) in [5, 5.41) is 9.31. The molecule has 1 unspecified atom stereocenters. The van der Waals surface area contributed by atoms with Crippen molar-refractivity contribution in [3.63, 3.8) is 0 Å². The van der Waals surface area contributed by atoms with Crippen LogP contribution in [0.25, 0.3) is 0 Å². The first-order valence-electron chi connectivity index (χ1n) is 6.78. The highest BCUT2D eigenvalue weighted by molar-refractivity contribution is 5.26. The lowest BCUT2D eigenvalue weighted by molar-refractivity contribution is -0.0562. The summed E-state index contributed by atoms with van der Waals surface area (Å²) in [7, 11) is 0. The number of hydrogen-bond acceptors (Lipinski definition) is 13. The van der Waals surface area contributed by atoms with Crippen molar-refractivity contribution >= 4 is 23.8 Å². The Labute approximate surface area is 136 Å². The maximum Gasteiger partial charge on any atom is 0.225 e. The second kappa shape index (κ2) is 8.09. The Hall–Kier alpha value is -2.90. The van der Waals surface area contributed by atoms with Crippen molar-refractivity contribution in [2.24, 2.45) is 0 Å². The number of aliphatic hydroxyl groups is 1. The lowest BCUT2D eigenvalue weighted by Crippen LogP contribution is -2.25.